The topological polar surface area (TPSA) is 85.7 Å². The second kappa shape index (κ2) is 8.88. The summed E-state index contributed by atoms with van der Waals surface area (Å²) in [6, 6.07) is 24.4. The van der Waals surface area contributed by atoms with E-state index in [2.05, 4.69) is 16.2 Å². The van der Waals surface area contributed by atoms with E-state index in [0.29, 0.717) is 22.7 Å². The van der Waals surface area contributed by atoms with Crippen LogP contribution in [0.3, 0.4) is 0 Å². The number of nitrogens with zero attached hydrogens (tertiary/aromatic N) is 5. The predicted octanol–water partition coefficient (Wildman–Crippen LogP) is 5.06. The zero-order valence-electron chi connectivity index (χ0n) is 18.3. The van der Waals surface area contributed by atoms with Crippen molar-refractivity contribution < 1.29 is 4.74 Å². The average molecular weight is 445 g/mol. The van der Waals surface area contributed by atoms with Gasteiger partial charge in [-0.15, -0.1) is 0 Å². The van der Waals surface area contributed by atoms with E-state index in [-0.39, 0.29) is 11.3 Å². The molecule has 0 aliphatic rings. The first kappa shape index (κ1) is 20.9. The minimum atomic E-state index is -0.383. The lowest BCUT2D eigenvalue weighted by Gasteiger charge is -2.14. The number of aryl methyl sites for hydroxylation is 1. The van der Waals surface area contributed by atoms with Crippen molar-refractivity contribution in [1.29, 1.82) is 5.26 Å². The quantitative estimate of drug-likeness (QED) is 0.378. The average Bonchev–Trinajstić information content (AvgIpc) is 3.41. The van der Waals surface area contributed by atoms with Gasteiger partial charge in [0.2, 0.25) is 5.75 Å². The molecule has 0 aliphatic heterocycles. The number of hydrogen-bond donors (Lipinski definition) is 0. The van der Waals surface area contributed by atoms with Crippen LogP contribution < -0.4 is 10.3 Å². The highest BCUT2D eigenvalue weighted by molar-refractivity contribution is 5.65. The monoisotopic (exact) mass is 445 g/mol. The van der Waals surface area contributed by atoms with Gasteiger partial charge in [0.05, 0.1) is 29.8 Å². The molecule has 0 N–H and O–H groups in total. The Morgan fingerprint density at radius 2 is 1.59 bits per heavy atom. The molecule has 34 heavy (non-hydrogen) atoms. The molecular weight excluding hydrogens is 426 g/mol. The first-order chi connectivity index (χ1) is 16.6. The van der Waals surface area contributed by atoms with E-state index in [0.717, 1.165) is 16.7 Å². The smallest absolute Gasteiger partial charge is 0.316 e. The van der Waals surface area contributed by atoms with Gasteiger partial charge in [-0.3, -0.25) is 4.79 Å². The van der Waals surface area contributed by atoms with Gasteiger partial charge in [-0.25, -0.2) is 4.98 Å². The Kier molecular flexibility index (Phi) is 5.46. The summed E-state index contributed by atoms with van der Waals surface area (Å²) in [5, 5.41) is 13.3. The molecule has 7 nitrogen and oxygen atoms in total. The van der Waals surface area contributed by atoms with Crippen LogP contribution in [0.4, 0.5) is 0 Å². The molecule has 0 bridgehead atoms. The SMILES string of the molecule is Cc1ccc(-n2ncc(-n3ccnc3)c(Oc3ccc(-c4ccc(C#N)cc4)cc3)c2=O)cc1. The lowest BCUT2D eigenvalue weighted by molar-refractivity contribution is 0.464. The van der Waals surface area contributed by atoms with E-state index >= 15 is 0 Å². The molecule has 164 valence electrons. The standard InChI is InChI=1S/C27H19N5O2/c1-19-2-10-23(11-3-19)32-27(33)26(25(17-30-32)31-15-14-29-18-31)34-24-12-8-22(9-13-24)21-6-4-20(16-28)5-7-21/h2-15,17-18H,1H3. The van der Waals surface area contributed by atoms with E-state index < -0.39 is 0 Å². The Morgan fingerprint density at radius 1 is 0.912 bits per heavy atom. The van der Waals surface area contributed by atoms with E-state index in [1.807, 2.05) is 55.5 Å². The number of hydrogen-bond acceptors (Lipinski definition) is 5. The van der Waals surface area contributed by atoms with Crippen molar-refractivity contribution >= 4 is 0 Å². The number of benzene rings is 3. The fourth-order valence-electron chi connectivity index (χ4n) is 3.55. The molecular formula is C27H19N5O2. The normalized spacial score (nSPS) is 10.6. The third-order valence-corrected chi connectivity index (χ3v) is 5.40. The van der Waals surface area contributed by atoms with Crippen molar-refractivity contribution in [3.8, 4) is 40.1 Å². The summed E-state index contributed by atoms with van der Waals surface area (Å²) < 4.78 is 9.12. The van der Waals surface area contributed by atoms with Gasteiger partial charge in [-0.1, -0.05) is 42.0 Å². The second-order valence-electron chi connectivity index (χ2n) is 7.70. The number of imidazole rings is 1. The van der Waals surface area contributed by atoms with E-state index in [1.54, 1.807) is 53.8 Å². The van der Waals surface area contributed by atoms with Crippen LogP contribution in [-0.2, 0) is 0 Å². The van der Waals surface area contributed by atoms with Gasteiger partial charge in [-0.2, -0.15) is 15.0 Å². The summed E-state index contributed by atoms with van der Waals surface area (Å²) in [4.78, 5) is 17.5. The third kappa shape index (κ3) is 4.08. The maximum absolute atomic E-state index is 13.4. The summed E-state index contributed by atoms with van der Waals surface area (Å²) in [5.41, 5.74) is 4.40. The molecule has 7 heteroatoms. The van der Waals surface area contributed by atoms with Crippen molar-refractivity contribution in [2.45, 2.75) is 6.92 Å². The largest absolute Gasteiger partial charge is 0.449 e. The van der Waals surface area contributed by atoms with Crippen LogP contribution in [0.15, 0.2) is 103 Å². The Morgan fingerprint density at radius 3 is 2.21 bits per heavy atom. The van der Waals surface area contributed by atoms with Crippen LogP contribution in [0.5, 0.6) is 11.5 Å². The van der Waals surface area contributed by atoms with Gasteiger partial charge >= 0.3 is 5.56 Å². The number of nitriles is 1. The van der Waals surface area contributed by atoms with Crippen molar-refractivity contribution in [2.24, 2.45) is 0 Å². The molecule has 5 aromatic rings. The first-order valence-corrected chi connectivity index (χ1v) is 10.6. The first-order valence-electron chi connectivity index (χ1n) is 10.6. The third-order valence-electron chi connectivity index (χ3n) is 5.40. The highest BCUT2D eigenvalue weighted by Crippen LogP contribution is 2.28. The molecule has 0 amide bonds. The summed E-state index contributed by atoms with van der Waals surface area (Å²) in [6.07, 6.45) is 6.53. The van der Waals surface area contributed by atoms with Crippen LogP contribution in [0, 0.1) is 18.3 Å². The number of ether oxygens (including phenoxy) is 1. The molecule has 5 rings (SSSR count). The Balaban J connectivity index is 1.53. The summed E-state index contributed by atoms with van der Waals surface area (Å²) in [6.45, 7) is 1.98. The van der Waals surface area contributed by atoms with E-state index in [9.17, 15) is 4.79 Å². The maximum atomic E-state index is 13.4. The highest BCUT2D eigenvalue weighted by atomic mass is 16.5. The molecule has 0 radical (unpaired) electrons. The fraction of sp³-hybridized carbons (Fsp3) is 0.0370. The molecule has 0 atom stereocenters. The molecule has 0 unspecified atom stereocenters. The molecule has 0 aliphatic carbocycles. The fourth-order valence-corrected chi connectivity index (χ4v) is 3.55. The zero-order valence-corrected chi connectivity index (χ0v) is 18.3. The van der Waals surface area contributed by atoms with Crippen molar-refractivity contribution in [1.82, 2.24) is 19.3 Å². The van der Waals surface area contributed by atoms with Crippen LogP contribution in [0.2, 0.25) is 0 Å². The van der Waals surface area contributed by atoms with E-state index in [1.165, 1.54) is 4.68 Å². The maximum Gasteiger partial charge on any atom is 0.316 e. The van der Waals surface area contributed by atoms with Crippen molar-refractivity contribution in [3.63, 3.8) is 0 Å². The van der Waals surface area contributed by atoms with Crippen LogP contribution in [0.25, 0.3) is 22.5 Å². The van der Waals surface area contributed by atoms with Gasteiger partial charge in [0.25, 0.3) is 0 Å². The van der Waals surface area contributed by atoms with Gasteiger partial charge in [0.1, 0.15) is 11.4 Å². The molecule has 0 spiro atoms. The van der Waals surface area contributed by atoms with Crippen molar-refractivity contribution in [3.05, 3.63) is 119 Å². The van der Waals surface area contributed by atoms with Crippen LogP contribution in [0.1, 0.15) is 11.1 Å². The lowest BCUT2D eigenvalue weighted by Crippen LogP contribution is -2.23. The van der Waals surface area contributed by atoms with Gasteiger partial charge in [-0.05, 0) is 54.4 Å². The molecule has 0 saturated carbocycles. The van der Waals surface area contributed by atoms with Gasteiger partial charge < -0.3 is 9.30 Å². The summed E-state index contributed by atoms with van der Waals surface area (Å²) in [5.74, 6) is 0.650. The Bertz CT molecular complexity index is 1530. The van der Waals surface area contributed by atoms with Crippen LogP contribution >= 0.6 is 0 Å². The minimum Gasteiger partial charge on any atom is -0.449 e. The lowest BCUT2D eigenvalue weighted by atomic mass is 10.0. The van der Waals surface area contributed by atoms with Crippen LogP contribution in [-0.4, -0.2) is 19.3 Å². The predicted molar refractivity (Wildman–Crippen MR) is 128 cm³/mol. The number of rotatable bonds is 5. The summed E-state index contributed by atoms with van der Waals surface area (Å²) >= 11 is 0. The number of aromatic nitrogens is 4. The second-order valence-corrected chi connectivity index (χ2v) is 7.70. The van der Waals surface area contributed by atoms with Gasteiger partial charge in [0, 0.05) is 12.4 Å². The molecule has 2 aromatic heterocycles. The summed E-state index contributed by atoms with van der Waals surface area (Å²) in [7, 11) is 0. The highest BCUT2D eigenvalue weighted by Gasteiger charge is 2.17. The molecule has 3 aromatic carbocycles. The van der Waals surface area contributed by atoms with Crippen molar-refractivity contribution in [2.75, 3.05) is 0 Å². The van der Waals surface area contributed by atoms with E-state index in [4.69, 9.17) is 10.00 Å². The molecule has 2 heterocycles. The zero-order chi connectivity index (χ0) is 23.5. The molecule has 0 fully saturated rings. The van der Waals surface area contributed by atoms with Gasteiger partial charge in [0.15, 0.2) is 0 Å². The Hall–Kier alpha value is -4.96. The Labute approximate surface area is 195 Å². The molecule has 0 saturated heterocycles. The minimum absolute atomic E-state index is 0.139.